The third-order valence-electron chi connectivity index (χ3n) is 2.22. The van der Waals surface area contributed by atoms with Crippen LogP contribution in [0.3, 0.4) is 0 Å². The number of fused-ring (bicyclic) bond motifs is 1. The molecule has 0 atom stereocenters. The van der Waals surface area contributed by atoms with Gasteiger partial charge in [-0.25, -0.2) is 0 Å². The average Bonchev–Trinajstić information content (AvgIpc) is 2.27. The molecule has 2 N–H and O–H groups in total. The Bertz CT molecular complexity index is 487. The van der Waals surface area contributed by atoms with Gasteiger partial charge >= 0.3 is 7.12 Å². The van der Waals surface area contributed by atoms with Gasteiger partial charge < -0.3 is 14.8 Å². The Morgan fingerprint density at radius 1 is 1.27 bits per heavy atom. The highest BCUT2D eigenvalue weighted by Gasteiger charge is 2.11. The van der Waals surface area contributed by atoms with Crippen molar-refractivity contribution in [3.8, 4) is 5.75 Å². The van der Waals surface area contributed by atoms with Crippen LogP contribution in [-0.2, 0) is 0 Å². The highest BCUT2D eigenvalue weighted by molar-refractivity contribution is 6.58. The number of hydrogen-bond acceptors (Lipinski definition) is 4. The maximum atomic E-state index is 8.99. The van der Waals surface area contributed by atoms with Crippen molar-refractivity contribution in [2.75, 3.05) is 7.11 Å². The first-order chi connectivity index (χ1) is 7.20. The van der Waals surface area contributed by atoms with E-state index in [1.54, 1.807) is 31.5 Å². The Balaban J connectivity index is 2.55. The lowest BCUT2D eigenvalue weighted by Gasteiger charge is -2.03. The predicted octanol–water partition coefficient (Wildman–Crippen LogP) is -0.0768. The van der Waals surface area contributed by atoms with Crippen LogP contribution < -0.4 is 10.2 Å². The van der Waals surface area contributed by atoms with Crippen LogP contribution in [0.25, 0.3) is 10.9 Å². The molecular weight excluding hydrogens is 193 g/mol. The minimum Gasteiger partial charge on any atom is -0.495 e. The van der Waals surface area contributed by atoms with Crippen molar-refractivity contribution in [3.63, 3.8) is 0 Å². The highest BCUT2D eigenvalue weighted by atomic mass is 16.5. The molecule has 4 nitrogen and oxygen atoms in total. The van der Waals surface area contributed by atoms with Crippen LogP contribution in [0.15, 0.2) is 30.5 Å². The van der Waals surface area contributed by atoms with Crippen molar-refractivity contribution in [3.05, 3.63) is 30.5 Å². The van der Waals surface area contributed by atoms with Crippen molar-refractivity contribution >= 4 is 23.5 Å². The zero-order valence-electron chi connectivity index (χ0n) is 8.21. The van der Waals surface area contributed by atoms with E-state index in [9.17, 15) is 0 Å². The summed E-state index contributed by atoms with van der Waals surface area (Å²) in [6.45, 7) is 0. The lowest BCUT2D eigenvalue weighted by molar-refractivity contribution is 0.414. The molecule has 5 heteroatoms. The summed E-state index contributed by atoms with van der Waals surface area (Å²) in [5.74, 6) is 0.680. The first kappa shape index (κ1) is 9.95. The van der Waals surface area contributed by atoms with Gasteiger partial charge in [0.05, 0.1) is 18.8 Å². The van der Waals surface area contributed by atoms with Gasteiger partial charge in [-0.3, -0.25) is 4.98 Å². The lowest BCUT2D eigenvalue weighted by Crippen LogP contribution is -2.29. The van der Waals surface area contributed by atoms with E-state index in [0.717, 1.165) is 5.39 Å². The standard InChI is InChI=1S/C10H10BNO3/c1-15-9-4-7-2-3-8(11(13)14)5-10(7)12-6-9/h2-6,13-14H,1H3. The summed E-state index contributed by atoms with van der Waals surface area (Å²) in [7, 11) is 0.118. The largest absolute Gasteiger partial charge is 0.495 e. The monoisotopic (exact) mass is 203 g/mol. The number of nitrogens with zero attached hydrogens (tertiary/aromatic N) is 1. The molecule has 0 saturated heterocycles. The fourth-order valence-corrected chi connectivity index (χ4v) is 1.39. The molecule has 1 aromatic heterocycles. The molecule has 1 heterocycles. The molecule has 0 aliphatic heterocycles. The van der Waals surface area contributed by atoms with Crippen LogP contribution in [0.5, 0.6) is 5.75 Å². The second kappa shape index (κ2) is 3.88. The molecule has 0 saturated carbocycles. The molecule has 0 unspecified atom stereocenters. The first-order valence-electron chi connectivity index (χ1n) is 4.50. The van der Waals surface area contributed by atoms with Crippen LogP contribution in [-0.4, -0.2) is 29.3 Å². The Hall–Kier alpha value is -1.59. The van der Waals surface area contributed by atoms with Crippen LogP contribution in [0.4, 0.5) is 0 Å². The van der Waals surface area contributed by atoms with E-state index < -0.39 is 7.12 Å². The number of pyridine rings is 1. The zero-order chi connectivity index (χ0) is 10.8. The minimum atomic E-state index is -1.46. The molecular formula is C10H10BNO3. The maximum Gasteiger partial charge on any atom is 0.488 e. The molecule has 0 spiro atoms. The number of ether oxygens (including phenoxy) is 1. The summed E-state index contributed by atoms with van der Waals surface area (Å²) in [6.07, 6.45) is 1.59. The Kier molecular flexibility index (Phi) is 2.57. The molecule has 2 rings (SSSR count). The lowest BCUT2D eigenvalue weighted by atomic mass is 9.80. The predicted molar refractivity (Wildman–Crippen MR) is 58.1 cm³/mol. The van der Waals surface area contributed by atoms with Crippen LogP contribution in [0, 0.1) is 0 Å². The van der Waals surface area contributed by atoms with Crippen molar-refractivity contribution in [2.45, 2.75) is 0 Å². The van der Waals surface area contributed by atoms with E-state index in [-0.39, 0.29) is 0 Å². The Labute approximate surface area is 87.3 Å². The van der Waals surface area contributed by atoms with Gasteiger partial charge in [0.25, 0.3) is 0 Å². The average molecular weight is 203 g/mol. The normalized spacial score (nSPS) is 10.3. The summed E-state index contributed by atoms with van der Waals surface area (Å²) in [4.78, 5) is 4.15. The zero-order valence-corrected chi connectivity index (χ0v) is 8.21. The Morgan fingerprint density at radius 2 is 2.07 bits per heavy atom. The van der Waals surface area contributed by atoms with Crippen molar-refractivity contribution in [1.29, 1.82) is 0 Å². The van der Waals surface area contributed by atoms with Gasteiger partial charge in [0.2, 0.25) is 0 Å². The molecule has 0 radical (unpaired) electrons. The summed E-state index contributed by atoms with van der Waals surface area (Å²) >= 11 is 0. The number of benzene rings is 1. The van der Waals surface area contributed by atoms with E-state index in [1.807, 2.05) is 6.07 Å². The van der Waals surface area contributed by atoms with Gasteiger partial charge in [-0.1, -0.05) is 12.1 Å². The first-order valence-corrected chi connectivity index (χ1v) is 4.50. The van der Waals surface area contributed by atoms with Gasteiger partial charge in [0, 0.05) is 5.39 Å². The van der Waals surface area contributed by atoms with E-state index in [4.69, 9.17) is 14.8 Å². The molecule has 0 fully saturated rings. The van der Waals surface area contributed by atoms with Crippen molar-refractivity contribution in [1.82, 2.24) is 4.98 Å². The number of methoxy groups -OCH3 is 1. The second-order valence-corrected chi connectivity index (χ2v) is 3.20. The Morgan fingerprint density at radius 3 is 2.73 bits per heavy atom. The van der Waals surface area contributed by atoms with E-state index in [0.29, 0.717) is 16.7 Å². The molecule has 0 bridgehead atoms. The van der Waals surface area contributed by atoms with E-state index >= 15 is 0 Å². The fraction of sp³-hybridized carbons (Fsp3) is 0.100. The van der Waals surface area contributed by atoms with Gasteiger partial charge in [-0.15, -0.1) is 0 Å². The third-order valence-corrected chi connectivity index (χ3v) is 2.22. The van der Waals surface area contributed by atoms with Crippen molar-refractivity contribution in [2.24, 2.45) is 0 Å². The third kappa shape index (κ3) is 1.93. The summed E-state index contributed by atoms with van der Waals surface area (Å²) in [5.41, 5.74) is 1.14. The highest BCUT2D eigenvalue weighted by Crippen LogP contribution is 2.16. The topological polar surface area (TPSA) is 62.6 Å². The second-order valence-electron chi connectivity index (χ2n) is 3.20. The molecule has 0 aliphatic rings. The van der Waals surface area contributed by atoms with Crippen molar-refractivity contribution < 1.29 is 14.8 Å². The van der Waals surface area contributed by atoms with Crippen LogP contribution >= 0.6 is 0 Å². The SMILES string of the molecule is COc1cnc2cc(B(O)O)ccc2c1. The molecule has 1 aromatic carbocycles. The number of rotatable bonds is 2. The van der Waals surface area contributed by atoms with Crippen LogP contribution in [0.1, 0.15) is 0 Å². The smallest absolute Gasteiger partial charge is 0.488 e. The van der Waals surface area contributed by atoms with E-state index in [1.165, 1.54) is 0 Å². The maximum absolute atomic E-state index is 8.99. The summed E-state index contributed by atoms with van der Waals surface area (Å²) in [6, 6.07) is 6.91. The fourth-order valence-electron chi connectivity index (χ4n) is 1.39. The summed E-state index contributed by atoms with van der Waals surface area (Å²) in [5, 5.41) is 18.9. The number of hydrogen-bond donors (Lipinski definition) is 2. The van der Waals surface area contributed by atoms with Gasteiger partial charge in [0.1, 0.15) is 5.75 Å². The number of aromatic nitrogens is 1. The minimum absolute atomic E-state index is 0.431. The summed E-state index contributed by atoms with van der Waals surface area (Å²) < 4.78 is 5.04. The molecule has 76 valence electrons. The molecule has 0 aliphatic carbocycles. The molecule has 2 aromatic rings. The molecule has 15 heavy (non-hydrogen) atoms. The van der Waals surface area contributed by atoms with Gasteiger partial charge in [0.15, 0.2) is 0 Å². The quantitative estimate of drug-likeness (QED) is 0.670. The molecule has 0 amide bonds. The van der Waals surface area contributed by atoms with Gasteiger partial charge in [-0.2, -0.15) is 0 Å². The van der Waals surface area contributed by atoms with Gasteiger partial charge in [-0.05, 0) is 17.6 Å². The van der Waals surface area contributed by atoms with Crippen LogP contribution in [0.2, 0.25) is 0 Å². The van der Waals surface area contributed by atoms with E-state index in [2.05, 4.69) is 4.98 Å².